The molecule has 0 spiro atoms. The van der Waals surface area contributed by atoms with Crippen molar-refractivity contribution in [1.82, 2.24) is 5.32 Å². The lowest BCUT2D eigenvalue weighted by molar-refractivity contribution is 0.272. The molecule has 1 N–H and O–H groups in total. The van der Waals surface area contributed by atoms with Gasteiger partial charge in [-0.05, 0) is 62.4 Å². The van der Waals surface area contributed by atoms with Gasteiger partial charge in [0.2, 0.25) is 0 Å². The van der Waals surface area contributed by atoms with Gasteiger partial charge >= 0.3 is 0 Å². The van der Waals surface area contributed by atoms with Crippen LogP contribution in [0.4, 0.5) is 0 Å². The van der Waals surface area contributed by atoms with E-state index in [2.05, 4.69) is 47.2 Å². The van der Waals surface area contributed by atoms with Crippen LogP contribution in [0, 0.1) is 11.8 Å². The van der Waals surface area contributed by atoms with Crippen molar-refractivity contribution in [1.29, 1.82) is 0 Å². The van der Waals surface area contributed by atoms with E-state index >= 15 is 0 Å². The molecule has 2 nitrogen and oxygen atoms in total. The summed E-state index contributed by atoms with van der Waals surface area (Å²) in [5.74, 6) is 2.79. The molecule has 21 heavy (non-hydrogen) atoms. The molecule has 0 aliphatic heterocycles. The van der Waals surface area contributed by atoms with E-state index in [0.717, 1.165) is 34.2 Å². The molecular weight excluding hydrogens is 326 g/mol. The average molecular weight is 350 g/mol. The van der Waals surface area contributed by atoms with Crippen LogP contribution in [0.1, 0.15) is 51.3 Å². The van der Waals surface area contributed by atoms with Crippen LogP contribution in [0.2, 0.25) is 0 Å². The summed E-state index contributed by atoms with van der Waals surface area (Å²) < 4.78 is 7.05. The summed E-state index contributed by atoms with van der Waals surface area (Å²) in [5, 5.41) is 4.82. The van der Waals surface area contributed by atoms with Crippen molar-refractivity contribution in [2.24, 2.45) is 11.8 Å². The molecule has 1 unspecified atom stereocenters. The standard InChI is InChI=1S/C18H24BrNO/c1-12-3-5-14(6-4-12)11-20-13(2)18-10-15-9-16(19)7-8-17(15)21-18/h7-10,12-14,20H,3-6,11H2,1-2H3. The minimum Gasteiger partial charge on any atom is -0.459 e. The fourth-order valence-corrected chi connectivity index (χ4v) is 3.60. The number of benzene rings is 1. The maximum atomic E-state index is 5.96. The van der Waals surface area contributed by atoms with Crippen molar-refractivity contribution in [3.8, 4) is 0 Å². The highest BCUT2D eigenvalue weighted by molar-refractivity contribution is 9.10. The van der Waals surface area contributed by atoms with E-state index in [9.17, 15) is 0 Å². The zero-order chi connectivity index (χ0) is 14.8. The molecule has 0 saturated heterocycles. The summed E-state index contributed by atoms with van der Waals surface area (Å²) in [4.78, 5) is 0. The first-order valence-electron chi connectivity index (χ1n) is 8.04. The van der Waals surface area contributed by atoms with E-state index in [1.54, 1.807) is 0 Å². The minimum atomic E-state index is 0.274. The number of furan rings is 1. The molecule has 1 aliphatic rings. The number of hydrogen-bond donors (Lipinski definition) is 1. The molecule has 2 aromatic rings. The lowest BCUT2D eigenvalue weighted by atomic mass is 9.83. The normalized spacial score (nSPS) is 24.3. The molecule has 1 aromatic heterocycles. The van der Waals surface area contributed by atoms with Crippen LogP contribution >= 0.6 is 15.9 Å². The van der Waals surface area contributed by atoms with E-state index in [4.69, 9.17) is 4.42 Å². The smallest absolute Gasteiger partial charge is 0.134 e. The van der Waals surface area contributed by atoms with E-state index in [0.29, 0.717) is 0 Å². The monoisotopic (exact) mass is 349 g/mol. The second-order valence-electron chi connectivity index (χ2n) is 6.59. The Labute approximate surface area is 135 Å². The van der Waals surface area contributed by atoms with Gasteiger partial charge < -0.3 is 9.73 Å². The Morgan fingerprint density at radius 1 is 1.24 bits per heavy atom. The molecule has 114 valence electrons. The van der Waals surface area contributed by atoms with Gasteiger partial charge in [0.15, 0.2) is 0 Å². The van der Waals surface area contributed by atoms with Gasteiger partial charge in [-0.25, -0.2) is 0 Å². The largest absolute Gasteiger partial charge is 0.459 e. The predicted octanol–water partition coefficient (Wildman–Crippen LogP) is 5.67. The lowest BCUT2D eigenvalue weighted by Crippen LogP contribution is -2.28. The maximum Gasteiger partial charge on any atom is 0.134 e. The van der Waals surface area contributed by atoms with Gasteiger partial charge in [-0.2, -0.15) is 0 Å². The van der Waals surface area contributed by atoms with Gasteiger partial charge in [-0.15, -0.1) is 0 Å². The lowest BCUT2D eigenvalue weighted by Gasteiger charge is -2.27. The molecule has 1 aromatic carbocycles. The van der Waals surface area contributed by atoms with Crippen LogP contribution in [-0.2, 0) is 0 Å². The van der Waals surface area contributed by atoms with E-state index in [1.807, 2.05) is 12.1 Å². The van der Waals surface area contributed by atoms with Crippen LogP contribution in [0.5, 0.6) is 0 Å². The fourth-order valence-electron chi connectivity index (χ4n) is 3.23. The van der Waals surface area contributed by atoms with Crippen molar-refractivity contribution in [2.75, 3.05) is 6.54 Å². The average Bonchev–Trinajstić information content (AvgIpc) is 2.89. The second-order valence-corrected chi connectivity index (χ2v) is 7.50. The summed E-state index contributed by atoms with van der Waals surface area (Å²) >= 11 is 3.51. The molecule has 1 atom stereocenters. The quantitative estimate of drug-likeness (QED) is 0.768. The molecule has 1 fully saturated rings. The Balaban J connectivity index is 1.60. The Kier molecular flexibility index (Phi) is 4.70. The third-order valence-corrected chi connectivity index (χ3v) is 5.27. The van der Waals surface area contributed by atoms with Gasteiger partial charge in [-0.1, -0.05) is 35.7 Å². The van der Waals surface area contributed by atoms with Gasteiger partial charge in [0.25, 0.3) is 0 Å². The topological polar surface area (TPSA) is 25.2 Å². The van der Waals surface area contributed by atoms with Crippen molar-refractivity contribution < 1.29 is 4.42 Å². The van der Waals surface area contributed by atoms with Crippen LogP contribution in [0.25, 0.3) is 11.0 Å². The van der Waals surface area contributed by atoms with Crippen molar-refractivity contribution in [3.05, 3.63) is 34.5 Å². The number of nitrogens with one attached hydrogen (secondary N) is 1. The van der Waals surface area contributed by atoms with Gasteiger partial charge in [0, 0.05) is 9.86 Å². The first kappa shape index (κ1) is 15.1. The Bertz CT molecular complexity index is 598. The Hall–Kier alpha value is -0.800. The predicted molar refractivity (Wildman–Crippen MR) is 91.5 cm³/mol. The highest BCUT2D eigenvalue weighted by Gasteiger charge is 2.19. The molecule has 1 saturated carbocycles. The molecule has 0 radical (unpaired) electrons. The zero-order valence-electron chi connectivity index (χ0n) is 12.9. The number of rotatable bonds is 4. The first-order valence-corrected chi connectivity index (χ1v) is 8.83. The van der Waals surface area contributed by atoms with Crippen LogP contribution < -0.4 is 5.32 Å². The zero-order valence-corrected chi connectivity index (χ0v) is 14.4. The Morgan fingerprint density at radius 3 is 2.76 bits per heavy atom. The molecule has 0 bridgehead atoms. The molecule has 1 aliphatic carbocycles. The minimum absolute atomic E-state index is 0.274. The van der Waals surface area contributed by atoms with Gasteiger partial charge in [-0.3, -0.25) is 0 Å². The van der Waals surface area contributed by atoms with Crippen LogP contribution in [0.3, 0.4) is 0 Å². The van der Waals surface area contributed by atoms with Gasteiger partial charge in [0.1, 0.15) is 11.3 Å². The summed E-state index contributed by atoms with van der Waals surface area (Å²) in [6.45, 7) is 5.67. The molecule has 3 rings (SSSR count). The second kappa shape index (κ2) is 6.53. The Morgan fingerprint density at radius 2 is 2.00 bits per heavy atom. The third kappa shape index (κ3) is 3.70. The van der Waals surface area contributed by atoms with Crippen molar-refractivity contribution in [2.45, 2.75) is 45.6 Å². The molecule has 0 amide bonds. The van der Waals surface area contributed by atoms with Crippen LogP contribution in [0.15, 0.2) is 33.2 Å². The highest BCUT2D eigenvalue weighted by atomic mass is 79.9. The molecule has 1 heterocycles. The maximum absolute atomic E-state index is 5.96. The summed E-state index contributed by atoms with van der Waals surface area (Å²) in [7, 11) is 0. The third-order valence-electron chi connectivity index (χ3n) is 4.77. The number of fused-ring (bicyclic) bond motifs is 1. The van der Waals surface area contributed by atoms with Gasteiger partial charge in [0.05, 0.1) is 6.04 Å². The number of hydrogen-bond acceptors (Lipinski definition) is 2. The first-order chi connectivity index (χ1) is 10.1. The fraction of sp³-hybridized carbons (Fsp3) is 0.556. The highest BCUT2D eigenvalue weighted by Crippen LogP contribution is 2.29. The SMILES string of the molecule is CC1CCC(CNC(C)c2cc3cc(Br)ccc3o2)CC1. The number of halogens is 1. The van der Waals surface area contributed by atoms with Crippen molar-refractivity contribution >= 4 is 26.9 Å². The van der Waals surface area contributed by atoms with Crippen molar-refractivity contribution in [3.63, 3.8) is 0 Å². The van der Waals surface area contributed by atoms with E-state index in [-0.39, 0.29) is 6.04 Å². The molecule has 3 heteroatoms. The van der Waals surface area contributed by atoms with Crippen LogP contribution in [-0.4, -0.2) is 6.54 Å². The summed E-state index contributed by atoms with van der Waals surface area (Å²) in [6, 6.07) is 8.59. The van der Waals surface area contributed by atoms with E-state index in [1.165, 1.54) is 31.1 Å². The summed E-state index contributed by atoms with van der Waals surface area (Å²) in [6.07, 6.45) is 5.51. The summed E-state index contributed by atoms with van der Waals surface area (Å²) in [5.41, 5.74) is 0.966. The van der Waals surface area contributed by atoms with E-state index < -0.39 is 0 Å². The molecular formula is C18H24BrNO.